The van der Waals surface area contributed by atoms with Gasteiger partial charge in [0.05, 0.1) is 12.7 Å². The highest BCUT2D eigenvalue weighted by atomic mass is 32.2. The summed E-state index contributed by atoms with van der Waals surface area (Å²) in [4.78, 5) is 22.6. The van der Waals surface area contributed by atoms with E-state index in [1.54, 1.807) is 36.0 Å². The zero-order valence-corrected chi connectivity index (χ0v) is 10.7. The van der Waals surface area contributed by atoms with Gasteiger partial charge >= 0.3 is 5.97 Å². The minimum Gasteiger partial charge on any atom is -0.465 e. The summed E-state index contributed by atoms with van der Waals surface area (Å²) in [6.45, 7) is 0. The summed E-state index contributed by atoms with van der Waals surface area (Å²) >= 11 is 1.63. The highest BCUT2D eigenvalue weighted by molar-refractivity contribution is 7.98. The number of nitrogens with one attached hydrogen (secondary N) is 1. The van der Waals surface area contributed by atoms with Crippen molar-refractivity contribution in [3.8, 4) is 0 Å². The lowest BCUT2D eigenvalue weighted by Gasteiger charge is -2.05. The lowest BCUT2D eigenvalue weighted by atomic mass is 10.2. The predicted octanol–water partition coefficient (Wildman–Crippen LogP) is 2.16. The summed E-state index contributed by atoms with van der Waals surface area (Å²) in [6, 6.07) is 6.61. The van der Waals surface area contributed by atoms with Gasteiger partial charge in [-0.3, -0.25) is 4.79 Å². The van der Waals surface area contributed by atoms with Crippen LogP contribution in [0.25, 0.3) is 0 Å². The van der Waals surface area contributed by atoms with Crippen molar-refractivity contribution in [3.63, 3.8) is 0 Å². The minimum absolute atomic E-state index is 0.0230. The molecule has 0 aromatic heterocycles. The van der Waals surface area contributed by atoms with Crippen LogP contribution in [-0.4, -0.2) is 31.0 Å². The van der Waals surface area contributed by atoms with Crippen LogP contribution in [0.5, 0.6) is 0 Å². The van der Waals surface area contributed by atoms with Crippen molar-refractivity contribution in [2.45, 2.75) is 6.42 Å². The second-order valence-corrected chi connectivity index (χ2v) is 4.35. The number of anilines is 1. The number of carbonyl (C=O) groups excluding carboxylic acids is 2. The second-order valence-electron chi connectivity index (χ2n) is 3.36. The summed E-state index contributed by atoms with van der Waals surface area (Å²) in [5, 5.41) is 2.76. The zero-order chi connectivity index (χ0) is 12.7. The van der Waals surface area contributed by atoms with Crippen LogP contribution in [0.1, 0.15) is 16.8 Å². The third-order valence-corrected chi connectivity index (χ3v) is 2.74. The number of hydrogen-bond donors (Lipinski definition) is 1. The Hall–Kier alpha value is -1.49. The topological polar surface area (TPSA) is 55.4 Å². The fraction of sp³-hybridized carbons (Fsp3) is 0.333. The Morgan fingerprint density at radius 1 is 1.29 bits per heavy atom. The van der Waals surface area contributed by atoms with E-state index in [2.05, 4.69) is 10.1 Å². The smallest absolute Gasteiger partial charge is 0.337 e. The monoisotopic (exact) mass is 253 g/mol. The Morgan fingerprint density at radius 2 is 1.94 bits per heavy atom. The molecular weight excluding hydrogens is 238 g/mol. The van der Waals surface area contributed by atoms with E-state index in [-0.39, 0.29) is 11.9 Å². The van der Waals surface area contributed by atoms with Crippen LogP contribution in [-0.2, 0) is 9.53 Å². The van der Waals surface area contributed by atoms with Gasteiger partial charge in [-0.1, -0.05) is 0 Å². The molecule has 1 aromatic rings. The molecule has 0 aliphatic carbocycles. The average Bonchev–Trinajstić information content (AvgIpc) is 2.36. The molecule has 0 saturated heterocycles. The molecule has 0 aliphatic rings. The average molecular weight is 253 g/mol. The molecule has 92 valence electrons. The molecule has 1 rings (SSSR count). The summed E-state index contributed by atoms with van der Waals surface area (Å²) in [6.07, 6.45) is 2.44. The molecule has 0 unspecified atom stereocenters. The number of rotatable bonds is 5. The quantitative estimate of drug-likeness (QED) is 0.817. The molecule has 0 saturated carbocycles. The Kier molecular flexibility index (Phi) is 5.56. The molecule has 1 N–H and O–H groups in total. The molecule has 0 bridgehead atoms. The molecule has 0 atom stereocenters. The first-order chi connectivity index (χ1) is 8.17. The lowest BCUT2D eigenvalue weighted by Crippen LogP contribution is -2.12. The van der Waals surface area contributed by atoms with Crippen LogP contribution < -0.4 is 5.32 Å². The van der Waals surface area contributed by atoms with E-state index in [4.69, 9.17) is 0 Å². The van der Waals surface area contributed by atoms with Gasteiger partial charge in [-0.25, -0.2) is 4.79 Å². The summed E-state index contributed by atoms with van der Waals surface area (Å²) < 4.78 is 4.58. The summed E-state index contributed by atoms with van der Waals surface area (Å²) in [5.74, 6) is 0.391. The number of ether oxygens (including phenoxy) is 1. The van der Waals surface area contributed by atoms with Crippen LogP contribution in [0.2, 0.25) is 0 Å². The fourth-order valence-electron chi connectivity index (χ4n) is 1.23. The van der Waals surface area contributed by atoms with Crippen LogP contribution in [0.15, 0.2) is 24.3 Å². The van der Waals surface area contributed by atoms with E-state index >= 15 is 0 Å². The summed E-state index contributed by atoms with van der Waals surface area (Å²) in [5.41, 5.74) is 1.15. The van der Waals surface area contributed by atoms with E-state index in [1.807, 2.05) is 6.26 Å². The second kappa shape index (κ2) is 6.96. The highest BCUT2D eigenvalue weighted by Gasteiger charge is 2.05. The van der Waals surface area contributed by atoms with Gasteiger partial charge in [0, 0.05) is 17.9 Å². The van der Waals surface area contributed by atoms with Crippen LogP contribution in [0.4, 0.5) is 5.69 Å². The SMILES string of the molecule is COC(=O)c1ccc(NC(=O)CCSC)cc1. The van der Waals surface area contributed by atoms with Gasteiger partial charge in [-0.15, -0.1) is 0 Å². The predicted molar refractivity (Wildman–Crippen MR) is 69.4 cm³/mol. The van der Waals surface area contributed by atoms with Gasteiger partial charge in [0.15, 0.2) is 0 Å². The first-order valence-corrected chi connectivity index (χ1v) is 6.54. The van der Waals surface area contributed by atoms with E-state index in [9.17, 15) is 9.59 Å². The number of esters is 1. The number of carbonyl (C=O) groups is 2. The van der Waals surface area contributed by atoms with Crippen LogP contribution in [0, 0.1) is 0 Å². The largest absolute Gasteiger partial charge is 0.465 e. The summed E-state index contributed by atoms with van der Waals surface area (Å²) in [7, 11) is 1.33. The van der Waals surface area contributed by atoms with Crippen molar-refractivity contribution in [2.24, 2.45) is 0 Å². The van der Waals surface area contributed by atoms with Gasteiger partial charge in [0.2, 0.25) is 5.91 Å². The standard InChI is InChI=1S/C12H15NO3S/c1-16-12(15)9-3-5-10(6-4-9)13-11(14)7-8-17-2/h3-6H,7-8H2,1-2H3,(H,13,14). The van der Waals surface area contributed by atoms with E-state index in [0.717, 1.165) is 5.75 Å². The van der Waals surface area contributed by atoms with Gasteiger partial charge in [-0.05, 0) is 30.5 Å². The molecule has 0 spiro atoms. The lowest BCUT2D eigenvalue weighted by molar-refractivity contribution is -0.115. The fourth-order valence-corrected chi connectivity index (χ4v) is 1.62. The number of hydrogen-bond acceptors (Lipinski definition) is 4. The van der Waals surface area contributed by atoms with E-state index < -0.39 is 0 Å². The van der Waals surface area contributed by atoms with Gasteiger partial charge in [-0.2, -0.15) is 11.8 Å². The number of methoxy groups -OCH3 is 1. The van der Waals surface area contributed by atoms with Gasteiger partial charge in [0.1, 0.15) is 0 Å². The van der Waals surface area contributed by atoms with Crippen LogP contribution in [0.3, 0.4) is 0 Å². The first kappa shape index (κ1) is 13.6. The van der Waals surface area contributed by atoms with E-state index in [1.165, 1.54) is 7.11 Å². The third-order valence-electron chi connectivity index (χ3n) is 2.12. The number of thioether (sulfide) groups is 1. The number of benzene rings is 1. The molecule has 0 heterocycles. The maximum atomic E-state index is 11.4. The minimum atomic E-state index is -0.384. The molecule has 5 heteroatoms. The molecule has 1 aromatic carbocycles. The van der Waals surface area contributed by atoms with Crippen molar-refractivity contribution < 1.29 is 14.3 Å². The van der Waals surface area contributed by atoms with Crippen molar-refractivity contribution in [1.82, 2.24) is 0 Å². The zero-order valence-electron chi connectivity index (χ0n) is 9.86. The third kappa shape index (κ3) is 4.48. The van der Waals surface area contributed by atoms with Crippen LogP contribution >= 0.6 is 11.8 Å². The van der Waals surface area contributed by atoms with Gasteiger partial charge < -0.3 is 10.1 Å². The Morgan fingerprint density at radius 3 is 2.47 bits per heavy atom. The molecule has 0 radical (unpaired) electrons. The molecular formula is C12H15NO3S. The first-order valence-electron chi connectivity index (χ1n) is 5.14. The molecule has 17 heavy (non-hydrogen) atoms. The molecule has 4 nitrogen and oxygen atoms in total. The molecule has 0 fully saturated rings. The normalized spacial score (nSPS) is 9.76. The Bertz CT molecular complexity index is 389. The number of amides is 1. The van der Waals surface area contributed by atoms with Crippen molar-refractivity contribution in [3.05, 3.63) is 29.8 Å². The van der Waals surface area contributed by atoms with Crippen molar-refractivity contribution in [1.29, 1.82) is 0 Å². The van der Waals surface area contributed by atoms with Gasteiger partial charge in [0.25, 0.3) is 0 Å². The maximum absolute atomic E-state index is 11.4. The highest BCUT2D eigenvalue weighted by Crippen LogP contribution is 2.11. The molecule has 0 aliphatic heterocycles. The molecule has 1 amide bonds. The maximum Gasteiger partial charge on any atom is 0.337 e. The van der Waals surface area contributed by atoms with Crippen molar-refractivity contribution >= 4 is 29.3 Å². The van der Waals surface area contributed by atoms with Crippen molar-refractivity contribution in [2.75, 3.05) is 24.4 Å². The Balaban J connectivity index is 2.56. The van der Waals surface area contributed by atoms with E-state index in [0.29, 0.717) is 17.7 Å². The Labute approximate surface area is 105 Å².